The summed E-state index contributed by atoms with van der Waals surface area (Å²) >= 11 is 5.61. The average molecular weight is 184 g/mol. The number of halogens is 1. The van der Waals surface area contributed by atoms with Crippen molar-refractivity contribution in [1.29, 1.82) is 5.26 Å². The van der Waals surface area contributed by atoms with Gasteiger partial charge in [-0.15, -0.1) is 0 Å². The highest BCUT2D eigenvalue weighted by atomic mass is 35.5. The van der Waals surface area contributed by atoms with Crippen molar-refractivity contribution in [2.75, 3.05) is 0 Å². The van der Waals surface area contributed by atoms with Gasteiger partial charge < -0.3 is 10.2 Å². The fraction of sp³-hybridized carbons (Fsp3) is 0.125. The van der Waals surface area contributed by atoms with Crippen molar-refractivity contribution in [2.24, 2.45) is 0 Å². The molecule has 2 N–H and O–H groups in total. The van der Waals surface area contributed by atoms with E-state index in [1.165, 1.54) is 12.1 Å². The second kappa shape index (κ2) is 3.44. The van der Waals surface area contributed by atoms with E-state index in [-0.39, 0.29) is 23.5 Å². The molecule has 0 heterocycles. The molecule has 0 aliphatic heterocycles. The van der Waals surface area contributed by atoms with Crippen LogP contribution in [0.4, 0.5) is 0 Å². The van der Waals surface area contributed by atoms with E-state index in [1.807, 2.05) is 0 Å². The number of rotatable bonds is 1. The highest BCUT2D eigenvalue weighted by Crippen LogP contribution is 2.26. The van der Waals surface area contributed by atoms with E-state index >= 15 is 0 Å². The van der Waals surface area contributed by atoms with E-state index in [4.69, 9.17) is 22.0 Å². The highest BCUT2D eigenvalue weighted by molar-refractivity contribution is 6.30. The van der Waals surface area contributed by atoms with Crippen LogP contribution in [0.1, 0.15) is 11.1 Å². The molecule has 4 heteroatoms. The Labute approximate surface area is 74.4 Å². The minimum Gasteiger partial charge on any atom is -0.506 e. The van der Waals surface area contributed by atoms with Gasteiger partial charge in [-0.2, -0.15) is 5.26 Å². The molecular formula is C8H6ClNO2. The SMILES string of the molecule is N#Cc1cc(Cl)cc(CO)c1O. The summed E-state index contributed by atoms with van der Waals surface area (Å²) in [7, 11) is 0. The Hall–Kier alpha value is -1.24. The van der Waals surface area contributed by atoms with Crippen LogP contribution in [-0.4, -0.2) is 10.2 Å². The zero-order valence-electron chi connectivity index (χ0n) is 6.08. The third kappa shape index (κ3) is 1.50. The molecule has 0 aliphatic carbocycles. The van der Waals surface area contributed by atoms with E-state index in [2.05, 4.69) is 0 Å². The molecule has 0 bridgehead atoms. The van der Waals surface area contributed by atoms with Gasteiger partial charge >= 0.3 is 0 Å². The number of aliphatic hydroxyl groups is 1. The first-order chi connectivity index (χ1) is 5.69. The maximum Gasteiger partial charge on any atom is 0.138 e. The topological polar surface area (TPSA) is 64.2 Å². The third-order valence-electron chi connectivity index (χ3n) is 1.44. The van der Waals surface area contributed by atoms with Crippen molar-refractivity contribution in [3.8, 4) is 11.8 Å². The largest absolute Gasteiger partial charge is 0.506 e. The molecule has 0 saturated heterocycles. The number of nitrogens with zero attached hydrogens (tertiary/aromatic N) is 1. The first kappa shape index (κ1) is 8.85. The zero-order valence-corrected chi connectivity index (χ0v) is 6.84. The summed E-state index contributed by atoms with van der Waals surface area (Å²) in [4.78, 5) is 0. The zero-order chi connectivity index (χ0) is 9.14. The van der Waals surface area contributed by atoms with Crippen LogP contribution in [0.5, 0.6) is 5.75 Å². The summed E-state index contributed by atoms with van der Waals surface area (Å²) < 4.78 is 0. The van der Waals surface area contributed by atoms with Gasteiger partial charge in [-0.05, 0) is 12.1 Å². The molecule has 12 heavy (non-hydrogen) atoms. The van der Waals surface area contributed by atoms with Gasteiger partial charge in [0.25, 0.3) is 0 Å². The van der Waals surface area contributed by atoms with Crippen molar-refractivity contribution in [1.82, 2.24) is 0 Å². The standard InChI is InChI=1S/C8H6ClNO2/c9-7-1-5(3-10)8(12)6(2-7)4-11/h1-2,11-12H,4H2. The van der Waals surface area contributed by atoms with Crippen molar-refractivity contribution < 1.29 is 10.2 Å². The summed E-state index contributed by atoms with van der Waals surface area (Å²) in [6.07, 6.45) is 0. The van der Waals surface area contributed by atoms with Gasteiger partial charge in [0, 0.05) is 10.6 Å². The van der Waals surface area contributed by atoms with Crippen LogP contribution in [0, 0.1) is 11.3 Å². The normalized spacial score (nSPS) is 9.42. The van der Waals surface area contributed by atoms with Crippen molar-refractivity contribution >= 4 is 11.6 Å². The van der Waals surface area contributed by atoms with Gasteiger partial charge in [0.1, 0.15) is 11.8 Å². The van der Waals surface area contributed by atoms with Crippen LogP contribution in [0.25, 0.3) is 0 Å². The van der Waals surface area contributed by atoms with Crippen LogP contribution in [0.15, 0.2) is 12.1 Å². The smallest absolute Gasteiger partial charge is 0.138 e. The molecule has 0 aliphatic rings. The van der Waals surface area contributed by atoms with Crippen LogP contribution >= 0.6 is 11.6 Å². The highest BCUT2D eigenvalue weighted by Gasteiger charge is 2.07. The minimum atomic E-state index is -0.332. The number of phenols is 1. The monoisotopic (exact) mass is 183 g/mol. The summed E-state index contributed by atoms with van der Waals surface area (Å²) in [6, 6.07) is 4.52. The Bertz CT molecular complexity index is 344. The van der Waals surface area contributed by atoms with E-state index in [0.717, 1.165) is 0 Å². The molecule has 3 nitrogen and oxygen atoms in total. The quantitative estimate of drug-likeness (QED) is 0.692. The second-order valence-electron chi connectivity index (χ2n) is 2.23. The molecule has 0 fully saturated rings. The molecule has 1 aromatic carbocycles. The molecule has 1 aromatic rings. The van der Waals surface area contributed by atoms with E-state index < -0.39 is 0 Å². The summed E-state index contributed by atoms with van der Waals surface area (Å²) in [5.41, 5.74) is 0.339. The van der Waals surface area contributed by atoms with Gasteiger partial charge in [-0.1, -0.05) is 11.6 Å². The average Bonchev–Trinajstić information content (AvgIpc) is 2.08. The maximum atomic E-state index is 9.27. The van der Waals surface area contributed by atoms with Crippen molar-refractivity contribution in [3.63, 3.8) is 0 Å². The molecular weight excluding hydrogens is 178 g/mol. The molecule has 0 amide bonds. The lowest BCUT2D eigenvalue weighted by Crippen LogP contribution is -1.87. The van der Waals surface area contributed by atoms with E-state index in [1.54, 1.807) is 6.07 Å². The number of aliphatic hydroxyl groups excluding tert-OH is 1. The lowest BCUT2D eigenvalue weighted by atomic mass is 10.1. The van der Waals surface area contributed by atoms with Gasteiger partial charge in [0.05, 0.1) is 12.2 Å². The number of benzene rings is 1. The van der Waals surface area contributed by atoms with Crippen molar-refractivity contribution in [2.45, 2.75) is 6.61 Å². The Morgan fingerprint density at radius 2 is 2.17 bits per heavy atom. The summed E-state index contributed by atoms with van der Waals surface area (Å²) in [5.74, 6) is -0.204. The van der Waals surface area contributed by atoms with Crippen LogP contribution in [-0.2, 0) is 6.61 Å². The number of hydrogen-bond acceptors (Lipinski definition) is 3. The van der Waals surface area contributed by atoms with Gasteiger partial charge in [0.15, 0.2) is 0 Å². The van der Waals surface area contributed by atoms with Crippen molar-refractivity contribution in [3.05, 3.63) is 28.3 Å². The van der Waals surface area contributed by atoms with Crippen LogP contribution in [0.3, 0.4) is 0 Å². The molecule has 0 atom stereocenters. The van der Waals surface area contributed by atoms with E-state index in [0.29, 0.717) is 5.02 Å². The molecule has 1 rings (SSSR count). The summed E-state index contributed by atoms with van der Waals surface area (Å²) in [5, 5.41) is 26.8. The number of hydrogen-bond donors (Lipinski definition) is 2. The molecule has 0 spiro atoms. The predicted octanol–water partition coefficient (Wildman–Crippen LogP) is 1.41. The Morgan fingerprint density at radius 1 is 1.50 bits per heavy atom. The fourth-order valence-corrected chi connectivity index (χ4v) is 1.10. The van der Waals surface area contributed by atoms with Gasteiger partial charge in [-0.3, -0.25) is 0 Å². The Kier molecular flexibility index (Phi) is 2.54. The second-order valence-corrected chi connectivity index (χ2v) is 2.67. The van der Waals surface area contributed by atoms with Crippen LogP contribution < -0.4 is 0 Å². The number of nitriles is 1. The Morgan fingerprint density at radius 3 is 2.67 bits per heavy atom. The van der Waals surface area contributed by atoms with Gasteiger partial charge in [0.2, 0.25) is 0 Å². The lowest BCUT2D eigenvalue weighted by Gasteiger charge is -2.02. The fourth-order valence-electron chi connectivity index (χ4n) is 0.861. The minimum absolute atomic E-state index is 0.0755. The summed E-state index contributed by atoms with van der Waals surface area (Å²) in [6.45, 7) is -0.332. The molecule has 0 aromatic heterocycles. The van der Waals surface area contributed by atoms with Crippen LogP contribution in [0.2, 0.25) is 5.02 Å². The third-order valence-corrected chi connectivity index (χ3v) is 1.66. The Balaban J connectivity index is 3.34. The first-order valence-corrected chi connectivity index (χ1v) is 3.59. The first-order valence-electron chi connectivity index (χ1n) is 3.21. The van der Waals surface area contributed by atoms with E-state index in [9.17, 15) is 5.11 Å². The number of aromatic hydroxyl groups is 1. The molecule has 0 unspecified atom stereocenters. The predicted molar refractivity (Wildman–Crippen MR) is 43.8 cm³/mol. The molecule has 0 saturated carbocycles. The van der Waals surface area contributed by atoms with Gasteiger partial charge in [-0.25, -0.2) is 0 Å². The lowest BCUT2D eigenvalue weighted by molar-refractivity contribution is 0.275. The molecule has 0 radical (unpaired) electrons. The maximum absolute atomic E-state index is 9.27. The molecule has 62 valence electrons.